The Kier molecular flexibility index (Phi) is 4.18. The van der Waals surface area contributed by atoms with E-state index in [9.17, 15) is 0 Å². The minimum atomic E-state index is 0.287. The standard InChI is InChI=1S/C18H17ClN2/c1-13(15-4-6-18(19)7-5-15)21-11-14-2-3-17-12-20-9-8-16(17)10-14/h2-10,12-13,21H,11H2,1H3. The summed E-state index contributed by atoms with van der Waals surface area (Å²) in [6.45, 7) is 3.00. The lowest BCUT2D eigenvalue weighted by Gasteiger charge is -2.14. The molecule has 0 bridgehead atoms. The summed E-state index contributed by atoms with van der Waals surface area (Å²) < 4.78 is 0. The Bertz CT molecular complexity index is 738. The van der Waals surface area contributed by atoms with E-state index in [0.29, 0.717) is 0 Å². The van der Waals surface area contributed by atoms with Gasteiger partial charge in [0.15, 0.2) is 0 Å². The van der Waals surface area contributed by atoms with Gasteiger partial charge in [-0.15, -0.1) is 0 Å². The summed E-state index contributed by atoms with van der Waals surface area (Å²) in [6.07, 6.45) is 3.72. The van der Waals surface area contributed by atoms with Crippen molar-refractivity contribution in [2.45, 2.75) is 19.5 Å². The van der Waals surface area contributed by atoms with Crippen LogP contribution in [0.5, 0.6) is 0 Å². The topological polar surface area (TPSA) is 24.9 Å². The van der Waals surface area contributed by atoms with Gasteiger partial charge in [-0.1, -0.05) is 35.9 Å². The molecule has 2 aromatic carbocycles. The summed E-state index contributed by atoms with van der Waals surface area (Å²) in [5.74, 6) is 0. The summed E-state index contributed by atoms with van der Waals surface area (Å²) in [6, 6.07) is 16.8. The normalized spacial score (nSPS) is 12.5. The van der Waals surface area contributed by atoms with Crippen LogP contribution in [0.25, 0.3) is 10.8 Å². The molecular weight excluding hydrogens is 280 g/mol. The molecule has 3 aromatic rings. The highest BCUT2D eigenvalue weighted by molar-refractivity contribution is 6.30. The average molecular weight is 297 g/mol. The first-order chi connectivity index (χ1) is 10.2. The van der Waals surface area contributed by atoms with E-state index in [4.69, 9.17) is 11.6 Å². The Morgan fingerprint density at radius 3 is 2.67 bits per heavy atom. The third kappa shape index (κ3) is 3.41. The molecule has 0 fully saturated rings. The van der Waals surface area contributed by atoms with Gasteiger partial charge in [-0.05, 0) is 47.7 Å². The molecule has 2 nitrogen and oxygen atoms in total. The Morgan fingerprint density at radius 2 is 1.86 bits per heavy atom. The second kappa shape index (κ2) is 6.25. The van der Waals surface area contributed by atoms with Gasteiger partial charge >= 0.3 is 0 Å². The number of nitrogens with one attached hydrogen (secondary N) is 1. The molecule has 1 unspecified atom stereocenters. The fourth-order valence-electron chi connectivity index (χ4n) is 2.38. The molecule has 3 heteroatoms. The maximum atomic E-state index is 5.92. The molecule has 0 saturated heterocycles. The van der Waals surface area contributed by atoms with Crippen LogP contribution in [0.15, 0.2) is 60.9 Å². The largest absolute Gasteiger partial charge is 0.306 e. The van der Waals surface area contributed by atoms with Gasteiger partial charge in [-0.3, -0.25) is 4.98 Å². The maximum Gasteiger partial charge on any atom is 0.0406 e. The predicted octanol–water partition coefficient (Wildman–Crippen LogP) is 4.74. The maximum absolute atomic E-state index is 5.92. The van der Waals surface area contributed by atoms with Crippen molar-refractivity contribution >= 4 is 22.4 Å². The van der Waals surface area contributed by atoms with Crippen LogP contribution in [-0.2, 0) is 6.54 Å². The van der Waals surface area contributed by atoms with Crippen LogP contribution in [0, 0.1) is 0 Å². The number of hydrogen-bond donors (Lipinski definition) is 1. The Hall–Kier alpha value is -1.90. The van der Waals surface area contributed by atoms with Crippen molar-refractivity contribution in [2.24, 2.45) is 0 Å². The third-order valence-corrected chi connectivity index (χ3v) is 3.94. The third-order valence-electron chi connectivity index (χ3n) is 3.69. The Morgan fingerprint density at radius 1 is 1.05 bits per heavy atom. The van der Waals surface area contributed by atoms with Crippen molar-refractivity contribution in [3.8, 4) is 0 Å². The predicted molar refractivity (Wildman–Crippen MR) is 88.4 cm³/mol. The molecule has 0 spiro atoms. The SMILES string of the molecule is CC(NCc1ccc2cnccc2c1)c1ccc(Cl)cc1. The van der Waals surface area contributed by atoms with E-state index in [2.05, 4.69) is 47.6 Å². The van der Waals surface area contributed by atoms with Gasteiger partial charge < -0.3 is 5.32 Å². The first kappa shape index (κ1) is 14.1. The molecular formula is C18H17ClN2. The van der Waals surface area contributed by atoms with Crippen molar-refractivity contribution in [1.29, 1.82) is 0 Å². The summed E-state index contributed by atoms with van der Waals surface area (Å²) in [5.41, 5.74) is 2.51. The fraction of sp³-hybridized carbons (Fsp3) is 0.167. The van der Waals surface area contributed by atoms with E-state index in [0.717, 1.165) is 11.6 Å². The van der Waals surface area contributed by atoms with E-state index >= 15 is 0 Å². The van der Waals surface area contributed by atoms with Gasteiger partial charge in [0, 0.05) is 35.4 Å². The van der Waals surface area contributed by atoms with Crippen LogP contribution >= 0.6 is 11.6 Å². The summed E-state index contributed by atoms with van der Waals surface area (Å²) >= 11 is 5.92. The molecule has 1 heterocycles. The van der Waals surface area contributed by atoms with E-state index in [1.807, 2.05) is 30.6 Å². The molecule has 0 radical (unpaired) electrons. The summed E-state index contributed by atoms with van der Waals surface area (Å²) in [4.78, 5) is 4.14. The highest BCUT2D eigenvalue weighted by Gasteiger charge is 2.05. The summed E-state index contributed by atoms with van der Waals surface area (Å²) in [7, 11) is 0. The van der Waals surface area contributed by atoms with Gasteiger partial charge in [0.25, 0.3) is 0 Å². The second-order valence-electron chi connectivity index (χ2n) is 5.21. The van der Waals surface area contributed by atoms with E-state index in [1.165, 1.54) is 21.9 Å². The number of nitrogens with zero attached hydrogens (tertiary/aromatic N) is 1. The Labute approximate surface area is 129 Å². The number of aromatic nitrogens is 1. The number of rotatable bonds is 4. The van der Waals surface area contributed by atoms with Crippen molar-refractivity contribution in [2.75, 3.05) is 0 Å². The molecule has 3 rings (SSSR count). The van der Waals surface area contributed by atoms with E-state index in [-0.39, 0.29) is 6.04 Å². The van der Waals surface area contributed by atoms with Gasteiger partial charge in [-0.2, -0.15) is 0 Å². The molecule has 0 aliphatic rings. The van der Waals surface area contributed by atoms with Crippen molar-refractivity contribution in [3.63, 3.8) is 0 Å². The van der Waals surface area contributed by atoms with Gasteiger partial charge in [0.1, 0.15) is 0 Å². The number of pyridine rings is 1. The fourth-order valence-corrected chi connectivity index (χ4v) is 2.51. The van der Waals surface area contributed by atoms with Gasteiger partial charge in [0.2, 0.25) is 0 Å². The molecule has 0 amide bonds. The lowest BCUT2D eigenvalue weighted by atomic mass is 10.1. The second-order valence-corrected chi connectivity index (χ2v) is 5.65. The molecule has 1 atom stereocenters. The van der Waals surface area contributed by atoms with Crippen LogP contribution in [0.1, 0.15) is 24.1 Å². The lowest BCUT2D eigenvalue weighted by molar-refractivity contribution is 0.575. The number of benzene rings is 2. The number of hydrogen-bond acceptors (Lipinski definition) is 2. The van der Waals surface area contributed by atoms with Crippen molar-refractivity contribution in [3.05, 3.63) is 77.1 Å². The highest BCUT2D eigenvalue weighted by atomic mass is 35.5. The number of fused-ring (bicyclic) bond motifs is 1. The van der Waals surface area contributed by atoms with Gasteiger partial charge in [0.05, 0.1) is 0 Å². The minimum Gasteiger partial charge on any atom is -0.306 e. The lowest BCUT2D eigenvalue weighted by Crippen LogP contribution is -2.17. The first-order valence-corrected chi connectivity index (χ1v) is 7.42. The monoisotopic (exact) mass is 296 g/mol. The average Bonchev–Trinajstić information content (AvgIpc) is 2.53. The van der Waals surface area contributed by atoms with E-state index < -0.39 is 0 Å². The molecule has 106 valence electrons. The van der Waals surface area contributed by atoms with E-state index in [1.54, 1.807) is 0 Å². The highest BCUT2D eigenvalue weighted by Crippen LogP contribution is 2.18. The van der Waals surface area contributed by atoms with Crippen molar-refractivity contribution in [1.82, 2.24) is 10.3 Å². The van der Waals surface area contributed by atoms with Crippen LogP contribution in [0.2, 0.25) is 5.02 Å². The number of halogens is 1. The van der Waals surface area contributed by atoms with Crippen LogP contribution in [0.3, 0.4) is 0 Å². The quantitative estimate of drug-likeness (QED) is 0.752. The van der Waals surface area contributed by atoms with Crippen molar-refractivity contribution < 1.29 is 0 Å². The molecule has 0 aliphatic heterocycles. The molecule has 21 heavy (non-hydrogen) atoms. The zero-order valence-electron chi connectivity index (χ0n) is 11.9. The smallest absolute Gasteiger partial charge is 0.0406 e. The molecule has 0 saturated carbocycles. The Balaban J connectivity index is 1.69. The minimum absolute atomic E-state index is 0.287. The molecule has 1 N–H and O–H groups in total. The van der Waals surface area contributed by atoms with Crippen LogP contribution in [-0.4, -0.2) is 4.98 Å². The zero-order chi connectivity index (χ0) is 14.7. The van der Waals surface area contributed by atoms with Crippen LogP contribution < -0.4 is 5.32 Å². The van der Waals surface area contributed by atoms with Gasteiger partial charge in [-0.25, -0.2) is 0 Å². The summed E-state index contributed by atoms with van der Waals surface area (Å²) in [5, 5.41) is 6.71. The molecule has 0 aliphatic carbocycles. The zero-order valence-corrected chi connectivity index (χ0v) is 12.6. The first-order valence-electron chi connectivity index (χ1n) is 7.04. The van der Waals surface area contributed by atoms with Crippen LogP contribution in [0.4, 0.5) is 0 Å². The molecule has 1 aromatic heterocycles.